The number of methoxy groups -OCH3 is 1. The van der Waals surface area contributed by atoms with Gasteiger partial charge in [0.15, 0.2) is 0 Å². The maximum Gasteiger partial charge on any atom is 0.254 e. The number of rotatable bonds is 7. The van der Waals surface area contributed by atoms with Crippen molar-refractivity contribution >= 4 is 11.7 Å². The van der Waals surface area contributed by atoms with Gasteiger partial charge in [-0.15, -0.1) is 0 Å². The Kier molecular flexibility index (Phi) is 6.45. The van der Waals surface area contributed by atoms with E-state index in [9.17, 15) is 4.79 Å². The van der Waals surface area contributed by atoms with Gasteiger partial charge in [-0.3, -0.25) is 4.79 Å². The fourth-order valence-corrected chi connectivity index (χ4v) is 1.97. The van der Waals surface area contributed by atoms with Gasteiger partial charge >= 0.3 is 0 Å². The maximum atomic E-state index is 12.6. The minimum atomic E-state index is 0.0191. The zero-order valence-corrected chi connectivity index (χ0v) is 13.1. The molecule has 20 heavy (non-hydrogen) atoms. The summed E-state index contributed by atoms with van der Waals surface area (Å²) in [5.74, 6) is 0.744. The quantitative estimate of drug-likeness (QED) is 0.831. The molecule has 5 nitrogen and oxygen atoms in total. The number of ether oxygens (including phenoxy) is 1. The van der Waals surface area contributed by atoms with E-state index in [-0.39, 0.29) is 11.9 Å². The van der Waals surface area contributed by atoms with Gasteiger partial charge in [-0.1, -0.05) is 6.92 Å². The number of nitrogens with one attached hydrogen (secondary N) is 1. The average molecular weight is 279 g/mol. The van der Waals surface area contributed by atoms with E-state index in [0.29, 0.717) is 18.7 Å². The van der Waals surface area contributed by atoms with Crippen molar-refractivity contribution in [2.45, 2.75) is 33.2 Å². The van der Waals surface area contributed by atoms with Crippen molar-refractivity contribution in [2.75, 3.05) is 32.6 Å². The second-order valence-corrected chi connectivity index (χ2v) is 4.92. The topological polar surface area (TPSA) is 54.5 Å². The molecule has 1 heterocycles. The SMILES string of the molecule is CCc1cc(C(=O)N(CCOC)C(C)C)cc(NC)n1. The Bertz CT molecular complexity index is 424. The molecule has 1 N–H and O–H groups in total. The first kappa shape index (κ1) is 16.4. The molecule has 0 aliphatic rings. The molecule has 0 radical (unpaired) electrons. The van der Waals surface area contributed by atoms with Gasteiger partial charge in [0.25, 0.3) is 5.91 Å². The molecular weight excluding hydrogens is 254 g/mol. The largest absolute Gasteiger partial charge is 0.383 e. The molecule has 0 fully saturated rings. The summed E-state index contributed by atoms with van der Waals surface area (Å²) in [6.07, 6.45) is 0.801. The van der Waals surface area contributed by atoms with Crippen molar-refractivity contribution in [3.63, 3.8) is 0 Å². The van der Waals surface area contributed by atoms with Gasteiger partial charge in [0, 0.05) is 38.0 Å². The summed E-state index contributed by atoms with van der Waals surface area (Å²) < 4.78 is 5.08. The molecule has 0 saturated heterocycles. The van der Waals surface area contributed by atoms with Crippen LogP contribution in [0.1, 0.15) is 36.8 Å². The van der Waals surface area contributed by atoms with E-state index in [2.05, 4.69) is 10.3 Å². The third-order valence-electron chi connectivity index (χ3n) is 3.16. The van der Waals surface area contributed by atoms with Crippen molar-refractivity contribution in [3.8, 4) is 0 Å². The number of aryl methyl sites for hydroxylation is 1. The highest BCUT2D eigenvalue weighted by atomic mass is 16.5. The number of anilines is 1. The highest BCUT2D eigenvalue weighted by Gasteiger charge is 2.19. The smallest absolute Gasteiger partial charge is 0.254 e. The first-order valence-electron chi connectivity index (χ1n) is 7.02. The number of hydrogen-bond acceptors (Lipinski definition) is 4. The van der Waals surface area contributed by atoms with Crippen molar-refractivity contribution in [1.82, 2.24) is 9.88 Å². The van der Waals surface area contributed by atoms with Gasteiger partial charge in [0.1, 0.15) is 5.82 Å². The van der Waals surface area contributed by atoms with Crippen LogP contribution in [0.3, 0.4) is 0 Å². The maximum absolute atomic E-state index is 12.6. The summed E-state index contributed by atoms with van der Waals surface area (Å²) >= 11 is 0. The first-order chi connectivity index (χ1) is 9.53. The molecule has 0 unspecified atom stereocenters. The third kappa shape index (κ3) is 4.20. The van der Waals surface area contributed by atoms with Crippen LogP contribution in [0, 0.1) is 0 Å². The van der Waals surface area contributed by atoms with E-state index in [4.69, 9.17) is 4.74 Å². The molecule has 0 aliphatic carbocycles. The van der Waals surface area contributed by atoms with Gasteiger partial charge in [-0.2, -0.15) is 0 Å². The van der Waals surface area contributed by atoms with E-state index in [1.807, 2.05) is 31.7 Å². The normalized spacial score (nSPS) is 10.7. The molecule has 0 bridgehead atoms. The third-order valence-corrected chi connectivity index (χ3v) is 3.16. The lowest BCUT2D eigenvalue weighted by Gasteiger charge is -2.26. The van der Waals surface area contributed by atoms with Crippen LogP contribution >= 0.6 is 0 Å². The van der Waals surface area contributed by atoms with Gasteiger partial charge in [0.05, 0.1) is 6.61 Å². The summed E-state index contributed by atoms with van der Waals surface area (Å²) in [4.78, 5) is 18.9. The first-order valence-corrected chi connectivity index (χ1v) is 7.02. The molecule has 0 saturated carbocycles. The summed E-state index contributed by atoms with van der Waals surface area (Å²) in [5, 5.41) is 3.00. The number of pyridine rings is 1. The molecule has 1 aromatic heterocycles. The lowest BCUT2D eigenvalue weighted by molar-refractivity contribution is 0.0635. The molecule has 1 amide bonds. The van der Waals surface area contributed by atoms with Gasteiger partial charge < -0.3 is 15.0 Å². The van der Waals surface area contributed by atoms with Gasteiger partial charge in [0.2, 0.25) is 0 Å². The van der Waals surface area contributed by atoms with Crippen LogP contribution in [-0.2, 0) is 11.2 Å². The number of amides is 1. The Balaban J connectivity index is 3.04. The van der Waals surface area contributed by atoms with E-state index < -0.39 is 0 Å². The molecule has 0 aliphatic heterocycles. The second kappa shape index (κ2) is 7.85. The fraction of sp³-hybridized carbons (Fsp3) is 0.600. The molecule has 0 aromatic carbocycles. The van der Waals surface area contributed by atoms with Crippen LogP contribution in [-0.4, -0.2) is 49.1 Å². The van der Waals surface area contributed by atoms with Crippen LogP contribution in [0.5, 0.6) is 0 Å². The Morgan fingerprint density at radius 1 is 1.45 bits per heavy atom. The van der Waals surface area contributed by atoms with Crippen LogP contribution in [0.15, 0.2) is 12.1 Å². The fourth-order valence-electron chi connectivity index (χ4n) is 1.97. The molecule has 112 valence electrons. The molecule has 1 rings (SSSR count). The lowest BCUT2D eigenvalue weighted by Crippen LogP contribution is -2.39. The average Bonchev–Trinajstić information content (AvgIpc) is 2.46. The molecular formula is C15H25N3O2. The van der Waals surface area contributed by atoms with E-state index >= 15 is 0 Å². The lowest BCUT2D eigenvalue weighted by atomic mass is 10.1. The van der Waals surface area contributed by atoms with Crippen molar-refractivity contribution in [2.24, 2.45) is 0 Å². The Labute approximate surface area is 121 Å². The second-order valence-electron chi connectivity index (χ2n) is 4.92. The number of nitrogens with zero attached hydrogens (tertiary/aromatic N) is 2. The standard InChI is InChI=1S/C15H25N3O2/c1-6-13-9-12(10-14(16-4)17-13)15(19)18(11(2)3)7-8-20-5/h9-11H,6-8H2,1-5H3,(H,16,17). The Morgan fingerprint density at radius 2 is 2.15 bits per heavy atom. The minimum Gasteiger partial charge on any atom is -0.383 e. The van der Waals surface area contributed by atoms with E-state index in [1.165, 1.54) is 0 Å². The predicted molar refractivity (Wildman–Crippen MR) is 81.2 cm³/mol. The number of aromatic nitrogens is 1. The monoisotopic (exact) mass is 279 g/mol. The van der Waals surface area contributed by atoms with E-state index in [0.717, 1.165) is 17.9 Å². The summed E-state index contributed by atoms with van der Waals surface area (Å²) in [6, 6.07) is 3.80. The molecule has 0 spiro atoms. The van der Waals surface area contributed by atoms with Gasteiger partial charge in [-0.25, -0.2) is 4.98 Å². The summed E-state index contributed by atoms with van der Waals surface area (Å²) in [5.41, 5.74) is 1.58. The molecule has 0 atom stereocenters. The number of carbonyl (C=O) groups is 1. The highest BCUT2D eigenvalue weighted by Crippen LogP contribution is 2.14. The predicted octanol–water partition coefficient (Wildman–Crippen LogP) is 2.18. The highest BCUT2D eigenvalue weighted by molar-refractivity contribution is 5.95. The number of hydrogen-bond donors (Lipinski definition) is 1. The van der Waals surface area contributed by atoms with Crippen LogP contribution in [0.25, 0.3) is 0 Å². The van der Waals surface area contributed by atoms with Crippen molar-refractivity contribution in [1.29, 1.82) is 0 Å². The summed E-state index contributed by atoms with van der Waals surface area (Å²) in [7, 11) is 3.45. The van der Waals surface area contributed by atoms with E-state index in [1.54, 1.807) is 20.2 Å². The zero-order chi connectivity index (χ0) is 15.1. The van der Waals surface area contributed by atoms with Crippen molar-refractivity contribution in [3.05, 3.63) is 23.4 Å². The molecule has 5 heteroatoms. The minimum absolute atomic E-state index is 0.0191. The molecule has 1 aromatic rings. The van der Waals surface area contributed by atoms with Crippen molar-refractivity contribution < 1.29 is 9.53 Å². The number of carbonyl (C=O) groups excluding carboxylic acids is 1. The van der Waals surface area contributed by atoms with Crippen LogP contribution < -0.4 is 5.32 Å². The zero-order valence-electron chi connectivity index (χ0n) is 13.1. The Morgan fingerprint density at radius 3 is 2.65 bits per heavy atom. The van der Waals surface area contributed by atoms with Gasteiger partial charge in [-0.05, 0) is 32.4 Å². The Hall–Kier alpha value is -1.62. The summed E-state index contributed by atoms with van der Waals surface area (Å²) in [6.45, 7) is 7.17. The van der Waals surface area contributed by atoms with Crippen LogP contribution in [0.2, 0.25) is 0 Å². The van der Waals surface area contributed by atoms with Crippen LogP contribution in [0.4, 0.5) is 5.82 Å².